The highest BCUT2D eigenvalue weighted by molar-refractivity contribution is 6.05. The van der Waals surface area contributed by atoms with E-state index >= 15 is 0 Å². The van der Waals surface area contributed by atoms with Crippen LogP contribution in [0.25, 0.3) is 5.69 Å². The Labute approximate surface area is 149 Å². The first-order valence-corrected chi connectivity index (χ1v) is 8.46. The Balaban J connectivity index is 1.59. The minimum atomic E-state index is -0.612. The molecule has 3 amide bonds. The molecule has 9 nitrogen and oxygen atoms in total. The summed E-state index contributed by atoms with van der Waals surface area (Å²) < 4.78 is 1.60. The first-order valence-electron chi connectivity index (χ1n) is 8.46. The van der Waals surface area contributed by atoms with Gasteiger partial charge in [0, 0.05) is 24.9 Å². The third-order valence-electron chi connectivity index (χ3n) is 4.72. The van der Waals surface area contributed by atoms with Crippen LogP contribution in [0.3, 0.4) is 0 Å². The highest BCUT2D eigenvalue weighted by Gasteiger charge is 2.39. The molecule has 2 aliphatic rings. The van der Waals surface area contributed by atoms with Crippen LogP contribution in [-0.2, 0) is 22.6 Å². The summed E-state index contributed by atoms with van der Waals surface area (Å²) in [6, 6.07) is 4.86. The van der Waals surface area contributed by atoms with Crippen LogP contribution in [-0.4, -0.2) is 50.2 Å². The number of carbonyl (C=O) groups is 3. The number of amides is 3. The van der Waals surface area contributed by atoms with Crippen molar-refractivity contribution in [2.45, 2.75) is 31.8 Å². The molecule has 0 spiro atoms. The Morgan fingerprint density at radius 1 is 1.27 bits per heavy atom. The summed E-state index contributed by atoms with van der Waals surface area (Å²) >= 11 is 0. The smallest absolute Gasteiger partial charge is 0.255 e. The number of rotatable bonds is 4. The van der Waals surface area contributed by atoms with Gasteiger partial charge in [0.2, 0.25) is 11.8 Å². The molecule has 134 valence electrons. The number of hydrogen-bond donors (Lipinski definition) is 2. The second-order valence-corrected chi connectivity index (χ2v) is 6.43. The van der Waals surface area contributed by atoms with E-state index in [1.165, 1.54) is 4.90 Å². The topological polar surface area (TPSA) is 123 Å². The standard InChI is InChI=1S/C17H18N6O3/c18-6-5-11-9-23(21-20-11)12-2-1-10-8-22(17(26)13(10)7-12)14-3-4-15(24)19-16(14)25/h1-2,7,9,14H,3-6,8,18H2,(H,19,24,25). The molecule has 1 unspecified atom stereocenters. The zero-order valence-electron chi connectivity index (χ0n) is 14.0. The van der Waals surface area contributed by atoms with Gasteiger partial charge >= 0.3 is 0 Å². The second-order valence-electron chi connectivity index (χ2n) is 6.43. The summed E-state index contributed by atoms with van der Waals surface area (Å²) in [7, 11) is 0. The second kappa shape index (κ2) is 6.34. The molecular formula is C17H18N6O3. The number of fused-ring (bicyclic) bond motifs is 1. The summed E-state index contributed by atoms with van der Waals surface area (Å²) in [4.78, 5) is 37.7. The molecule has 1 fully saturated rings. The molecule has 2 aliphatic heterocycles. The maximum absolute atomic E-state index is 12.8. The van der Waals surface area contributed by atoms with Gasteiger partial charge in [0.1, 0.15) is 6.04 Å². The van der Waals surface area contributed by atoms with Gasteiger partial charge in [-0.1, -0.05) is 11.3 Å². The van der Waals surface area contributed by atoms with Gasteiger partial charge in [-0.15, -0.1) is 5.10 Å². The van der Waals surface area contributed by atoms with E-state index in [1.54, 1.807) is 16.9 Å². The molecule has 0 saturated carbocycles. The fourth-order valence-electron chi connectivity index (χ4n) is 3.37. The van der Waals surface area contributed by atoms with Crippen molar-refractivity contribution in [3.8, 4) is 5.69 Å². The van der Waals surface area contributed by atoms with Gasteiger partial charge in [-0.25, -0.2) is 4.68 Å². The molecule has 2 aromatic rings. The molecule has 0 bridgehead atoms. The average Bonchev–Trinajstić information content (AvgIpc) is 3.20. The Hall–Kier alpha value is -3.07. The van der Waals surface area contributed by atoms with E-state index in [2.05, 4.69) is 15.6 Å². The third-order valence-corrected chi connectivity index (χ3v) is 4.72. The summed E-state index contributed by atoms with van der Waals surface area (Å²) in [5.74, 6) is -0.916. The highest BCUT2D eigenvalue weighted by atomic mass is 16.2. The molecular weight excluding hydrogens is 336 g/mol. The fraction of sp³-hybridized carbons (Fsp3) is 0.353. The van der Waals surface area contributed by atoms with Crippen molar-refractivity contribution in [1.82, 2.24) is 25.2 Å². The van der Waals surface area contributed by atoms with Crippen LogP contribution in [0.5, 0.6) is 0 Å². The summed E-state index contributed by atoms with van der Waals surface area (Å²) in [6.45, 7) is 0.846. The van der Waals surface area contributed by atoms with Gasteiger partial charge in [-0.05, 0) is 30.7 Å². The highest BCUT2D eigenvalue weighted by Crippen LogP contribution is 2.28. The average molecular weight is 354 g/mol. The molecule has 9 heteroatoms. The van der Waals surface area contributed by atoms with Crippen molar-refractivity contribution < 1.29 is 14.4 Å². The summed E-state index contributed by atoms with van der Waals surface area (Å²) in [5.41, 5.74) is 8.42. The van der Waals surface area contributed by atoms with Crippen LogP contribution >= 0.6 is 0 Å². The lowest BCUT2D eigenvalue weighted by Gasteiger charge is -2.29. The summed E-state index contributed by atoms with van der Waals surface area (Å²) in [6.07, 6.45) is 3.01. The van der Waals surface area contributed by atoms with Crippen LogP contribution in [0, 0.1) is 0 Å². The number of nitrogens with zero attached hydrogens (tertiary/aromatic N) is 4. The number of nitrogens with one attached hydrogen (secondary N) is 1. The van der Waals surface area contributed by atoms with Crippen molar-refractivity contribution in [1.29, 1.82) is 0 Å². The molecule has 0 radical (unpaired) electrons. The molecule has 3 N–H and O–H groups in total. The van der Waals surface area contributed by atoms with Crippen molar-refractivity contribution in [3.05, 3.63) is 41.2 Å². The number of hydrogen-bond acceptors (Lipinski definition) is 6. The van der Waals surface area contributed by atoms with Crippen LogP contribution in [0.2, 0.25) is 0 Å². The van der Waals surface area contributed by atoms with E-state index in [0.717, 1.165) is 16.9 Å². The van der Waals surface area contributed by atoms with Gasteiger partial charge in [0.05, 0.1) is 17.6 Å². The molecule has 3 heterocycles. The quantitative estimate of drug-likeness (QED) is 0.716. The SMILES string of the molecule is NCCc1cn(-c2ccc3c(c2)C(=O)N(C2CCC(=O)NC2=O)C3)nn1. The zero-order chi connectivity index (χ0) is 18.3. The molecule has 1 aromatic carbocycles. The molecule has 4 rings (SSSR count). The Bertz CT molecular complexity index is 906. The van der Waals surface area contributed by atoms with E-state index in [9.17, 15) is 14.4 Å². The Morgan fingerprint density at radius 3 is 2.88 bits per heavy atom. The van der Waals surface area contributed by atoms with Crippen LogP contribution in [0.1, 0.15) is 34.5 Å². The first kappa shape index (κ1) is 16.4. The molecule has 1 saturated heterocycles. The number of benzene rings is 1. The van der Waals surface area contributed by atoms with Gasteiger partial charge < -0.3 is 10.6 Å². The van der Waals surface area contributed by atoms with Crippen LogP contribution < -0.4 is 11.1 Å². The number of nitrogens with two attached hydrogens (primary N) is 1. The van der Waals surface area contributed by atoms with Gasteiger partial charge in [-0.3, -0.25) is 19.7 Å². The number of imide groups is 1. The predicted octanol–water partition coefficient (Wildman–Crippen LogP) is -0.470. The predicted molar refractivity (Wildman–Crippen MR) is 90.2 cm³/mol. The van der Waals surface area contributed by atoms with Crippen LogP contribution in [0.4, 0.5) is 0 Å². The van der Waals surface area contributed by atoms with Crippen molar-refractivity contribution in [2.24, 2.45) is 5.73 Å². The maximum atomic E-state index is 12.8. The van der Waals surface area contributed by atoms with E-state index in [0.29, 0.717) is 31.5 Å². The molecule has 1 aromatic heterocycles. The van der Waals surface area contributed by atoms with Gasteiger partial charge in [0.15, 0.2) is 0 Å². The van der Waals surface area contributed by atoms with Gasteiger partial charge in [-0.2, -0.15) is 0 Å². The lowest BCUT2D eigenvalue weighted by atomic mass is 10.0. The monoisotopic (exact) mass is 354 g/mol. The number of aromatic nitrogens is 3. The van der Waals surface area contributed by atoms with Crippen LogP contribution in [0.15, 0.2) is 24.4 Å². The van der Waals surface area contributed by atoms with Crippen molar-refractivity contribution >= 4 is 17.7 Å². The minimum Gasteiger partial charge on any atom is -0.330 e. The minimum absolute atomic E-state index is 0.210. The van der Waals surface area contributed by atoms with Crippen molar-refractivity contribution in [3.63, 3.8) is 0 Å². The molecule has 1 atom stereocenters. The van der Waals surface area contributed by atoms with Crippen molar-refractivity contribution in [2.75, 3.05) is 6.54 Å². The zero-order valence-corrected chi connectivity index (χ0v) is 14.0. The van der Waals surface area contributed by atoms with E-state index in [1.807, 2.05) is 12.1 Å². The van der Waals surface area contributed by atoms with Gasteiger partial charge in [0.25, 0.3) is 5.91 Å². The lowest BCUT2D eigenvalue weighted by molar-refractivity contribution is -0.136. The lowest BCUT2D eigenvalue weighted by Crippen LogP contribution is -2.52. The number of carbonyl (C=O) groups excluding carboxylic acids is 3. The Kier molecular flexibility index (Phi) is 4.00. The Morgan fingerprint density at radius 2 is 2.12 bits per heavy atom. The van der Waals surface area contributed by atoms with E-state index in [-0.39, 0.29) is 18.2 Å². The summed E-state index contributed by atoms with van der Waals surface area (Å²) in [5, 5.41) is 10.4. The number of piperidine rings is 1. The van der Waals surface area contributed by atoms with E-state index < -0.39 is 11.9 Å². The third kappa shape index (κ3) is 2.76. The maximum Gasteiger partial charge on any atom is 0.255 e. The molecule has 0 aliphatic carbocycles. The normalized spacial score (nSPS) is 19.7. The van der Waals surface area contributed by atoms with E-state index in [4.69, 9.17) is 5.73 Å². The largest absolute Gasteiger partial charge is 0.330 e. The molecule has 26 heavy (non-hydrogen) atoms. The first-order chi connectivity index (χ1) is 12.6. The fourth-order valence-corrected chi connectivity index (χ4v) is 3.37.